The van der Waals surface area contributed by atoms with Crippen molar-refractivity contribution in [2.75, 3.05) is 11.9 Å². The van der Waals surface area contributed by atoms with Crippen LogP contribution >= 0.6 is 11.3 Å². The van der Waals surface area contributed by atoms with E-state index in [2.05, 4.69) is 21.7 Å². The number of H-pyrrole nitrogens is 1. The van der Waals surface area contributed by atoms with Crippen LogP contribution in [0.2, 0.25) is 0 Å². The Balaban J connectivity index is 1.27. The molecule has 1 unspecified atom stereocenters. The van der Waals surface area contributed by atoms with Crippen molar-refractivity contribution >= 4 is 45.1 Å². The Kier molecular flexibility index (Phi) is 5.60. The molecule has 0 bridgehead atoms. The van der Waals surface area contributed by atoms with Crippen LogP contribution in [0.25, 0.3) is 10.9 Å². The summed E-state index contributed by atoms with van der Waals surface area (Å²) in [5.74, 6) is -0.915. The molecule has 1 aliphatic carbocycles. The van der Waals surface area contributed by atoms with Gasteiger partial charge in [-0.25, -0.2) is 4.79 Å². The highest BCUT2D eigenvalue weighted by molar-refractivity contribution is 7.16. The lowest BCUT2D eigenvalue weighted by Gasteiger charge is -2.12. The molecule has 1 atom stereocenters. The van der Waals surface area contributed by atoms with Crippen molar-refractivity contribution < 1.29 is 14.4 Å². The number of rotatable bonds is 5. The minimum absolute atomic E-state index is 0.336. The van der Waals surface area contributed by atoms with Gasteiger partial charge in [0.05, 0.1) is 5.56 Å². The van der Waals surface area contributed by atoms with Gasteiger partial charge in [-0.3, -0.25) is 14.5 Å². The molecule has 0 radical (unpaired) electrons. The Morgan fingerprint density at radius 2 is 2.03 bits per heavy atom. The number of anilines is 1. The van der Waals surface area contributed by atoms with E-state index >= 15 is 0 Å². The number of thiophene rings is 1. The molecule has 5 rings (SSSR count). The van der Waals surface area contributed by atoms with Crippen molar-refractivity contribution in [1.29, 1.82) is 5.26 Å². The number of nitrogens with zero attached hydrogens (tertiary/aromatic N) is 2. The molecule has 168 valence electrons. The van der Waals surface area contributed by atoms with E-state index in [0.29, 0.717) is 17.0 Å². The Hall–Kier alpha value is -3.64. The maximum atomic E-state index is 12.9. The summed E-state index contributed by atoms with van der Waals surface area (Å²) in [4.78, 5) is 43.3. The summed E-state index contributed by atoms with van der Waals surface area (Å²) in [5.41, 5.74) is 3.43. The smallest absolute Gasteiger partial charge is 0.325 e. The summed E-state index contributed by atoms with van der Waals surface area (Å²) in [6.45, 7) is -0.386. The first-order valence-electron chi connectivity index (χ1n) is 11.1. The van der Waals surface area contributed by atoms with Crippen LogP contribution in [0.3, 0.4) is 0 Å². The molecular formula is C24H23N5O3S. The van der Waals surface area contributed by atoms with Gasteiger partial charge in [-0.2, -0.15) is 5.26 Å². The van der Waals surface area contributed by atoms with Crippen LogP contribution in [0.1, 0.15) is 40.8 Å². The lowest BCUT2D eigenvalue weighted by atomic mass is 10.1. The molecule has 8 nitrogen and oxygen atoms in total. The average Bonchev–Trinajstić information content (AvgIpc) is 3.37. The number of hydrogen-bond donors (Lipinski definition) is 3. The zero-order valence-electron chi connectivity index (χ0n) is 17.9. The fraction of sp³-hybridized carbons (Fsp3) is 0.333. The van der Waals surface area contributed by atoms with Crippen molar-refractivity contribution in [1.82, 2.24) is 15.2 Å². The number of nitrogens with one attached hydrogen (secondary N) is 3. The van der Waals surface area contributed by atoms with Crippen molar-refractivity contribution in [2.24, 2.45) is 0 Å². The minimum atomic E-state index is -0.725. The fourth-order valence-electron chi connectivity index (χ4n) is 4.64. The molecule has 1 saturated heterocycles. The van der Waals surface area contributed by atoms with Crippen LogP contribution in [-0.4, -0.2) is 40.3 Å². The molecule has 4 amide bonds. The van der Waals surface area contributed by atoms with Crippen LogP contribution in [0, 0.1) is 11.3 Å². The van der Waals surface area contributed by atoms with Gasteiger partial charge in [0.2, 0.25) is 5.91 Å². The van der Waals surface area contributed by atoms with Gasteiger partial charge in [0.1, 0.15) is 23.7 Å². The third-order valence-corrected chi connectivity index (χ3v) is 7.50. The van der Waals surface area contributed by atoms with Gasteiger partial charge in [0, 0.05) is 28.4 Å². The van der Waals surface area contributed by atoms with Gasteiger partial charge in [0.15, 0.2) is 0 Å². The number of hydrogen-bond acceptors (Lipinski definition) is 5. The summed E-state index contributed by atoms with van der Waals surface area (Å²) >= 11 is 1.43. The van der Waals surface area contributed by atoms with Crippen molar-refractivity contribution in [3.63, 3.8) is 0 Å². The summed E-state index contributed by atoms with van der Waals surface area (Å²) in [5, 5.41) is 16.6. The molecule has 0 saturated carbocycles. The summed E-state index contributed by atoms with van der Waals surface area (Å²) in [7, 11) is 0. The van der Waals surface area contributed by atoms with Crippen LogP contribution in [0.5, 0.6) is 0 Å². The number of carbonyl (C=O) groups is 3. The summed E-state index contributed by atoms with van der Waals surface area (Å²) in [6.07, 6.45) is 7.17. The van der Waals surface area contributed by atoms with Crippen LogP contribution < -0.4 is 10.6 Å². The quantitative estimate of drug-likeness (QED) is 0.398. The molecule has 3 N–H and O–H groups in total. The normalized spacial score (nSPS) is 18.0. The number of carbonyl (C=O) groups excluding carboxylic acids is 3. The molecule has 1 aliphatic heterocycles. The molecule has 9 heteroatoms. The number of nitriles is 1. The van der Waals surface area contributed by atoms with E-state index in [1.54, 1.807) is 0 Å². The lowest BCUT2D eigenvalue weighted by Crippen LogP contribution is -2.38. The molecule has 3 heterocycles. The van der Waals surface area contributed by atoms with Crippen LogP contribution in [0.4, 0.5) is 9.80 Å². The highest BCUT2D eigenvalue weighted by Crippen LogP contribution is 2.37. The van der Waals surface area contributed by atoms with Gasteiger partial charge in [-0.05, 0) is 42.9 Å². The number of aromatic nitrogens is 1. The number of fused-ring (bicyclic) bond motifs is 2. The fourth-order valence-corrected chi connectivity index (χ4v) is 5.90. The number of imide groups is 1. The van der Waals surface area contributed by atoms with Gasteiger partial charge < -0.3 is 15.6 Å². The average molecular weight is 462 g/mol. The molecule has 2 aliphatic rings. The zero-order chi connectivity index (χ0) is 22.9. The second kappa shape index (κ2) is 8.71. The van der Waals surface area contributed by atoms with E-state index in [0.717, 1.165) is 63.9 Å². The maximum Gasteiger partial charge on any atom is 0.325 e. The zero-order valence-corrected chi connectivity index (χ0v) is 18.8. The third kappa shape index (κ3) is 3.98. The van der Waals surface area contributed by atoms with E-state index in [-0.39, 0.29) is 6.54 Å². The van der Waals surface area contributed by atoms with E-state index in [4.69, 9.17) is 0 Å². The predicted octanol–water partition coefficient (Wildman–Crippen LogP) is 3.47. The number of benzene rings is 1. The topological polar surface area (TPSA) is 118 Å². The van der Waals surface area contributed by atoms with E-state index in [1.165, 1.54) is 11.3 Å². The van der Waals surface area contributed by atoms with Gasteiger partial charge in [0.25, 0.3) is 5.91 Å². The Morgan fingerprint density at radius 1 is 1.21 bits per heavy atom. The third-order valence-electron chi connectivity index (χ3n) is 6.29. The molecule has 3 aromatic rings. The number of aryl methyl sites for hydroxylation is 1. The van der Waals surface area contributed by atoms with Crippen molar-refractivity contribution in [3.8, 4) is 6.07 Å². The lowest BCUT2D eigenvalue weighted by molar-refractivity contribution is -0.130. The Labute approximate surface area is 194 Å². The highest BCUT2D eigenvalue weighted by atomic mass is 32.1. The monoisotopic (exact) mass is 461 g/mol. The second-order valence-corrected chi connectivity index (χ2v) is 9.52. The van der Waals surface area contributed by atoms with E-state index < -0.39 is 23.9 Å². The second-order valence-electron chi connectivity index (χ2n) is 8.42. The number of amides is 4. The highest BCUT2D eigenvalue weighted by Gasteiger charge is 2.39. The molecule has 1 aromatic carbocycles. The summed E-state index contributed by atoms with van der Waals surface area (Å²) in [6, 6.07) is 8.68. The summed E-state index contributed by atoms with van der Waals surface area (Å²) < 4.78 is 0. The molecule has 0 spiro atoms. The first kappa shape index (κ1) is 21.2. The van der Waals surface area contributed by atoms with Gasteiger partial charge in [-0.15, -0.1) is 11.3 Å². The van der Waals surface area contributed by atoms with Gasteiger partial charge in [-0.1, -0.05) is 24.6 Å². The number of urea groups is 1. The first-order chi connectivity index (χ1) is 16.0. The van der Waals surface area contributed by atoms with Crippen molar-refractivity contribution in [2.45, 2.75) is 44.6 Å². The predicted molar refractivity (Wildman–Crippen MR) is 125 cm³/mol. The SMILES string of the molecule is N#Cc1c(NC(=O)CN2C(=O)NC(Cc3c[nH]c4ccccc34)C2=O)sc2c1CCCCC2. The number of para-hydroxylation sites is 1. The molecule has 1 fully saturated rings. The Morgan fingerprint density at radius 3 is 2.88 bits per heavy atom. The largest absolute Gasteiger partial charge is 0.361 e. The van der Waals surface area contributed by atoms with Crippen LogP contribution in [-0.2, 0) is 28.9 Å². The van der Waals surface area contributed by atoms with E-state index in [1.807, 2.05) is 30.5 Å². The van der Waals surface area contributed by atoms with E-state index in [9.17, 15) is 19.6 Å². The molecular weight excluding hydrogens is 438 g/mol. The van der Waals surface area contributed by atoms with Crippen molar-refractivity contribution in [3.05, 3.63) is 52.0 Å². The minimum Gasteiger partial charge on any atom is -0.361 e. The first-order valence-corrected chi connectivity index (χ1v) is 11.9. The number of aromatic amines is 1. The standard InChI is InChI=1S/C24H23N5O3S/c25-11-17-16-7-2-1-3-9-20(16)33-22(17)28-21(30)13-29-23(31)19(27-24(29)32)10-14-12-26-18-8-5-4-6-15(14)18/h4-6,8,12,19,26H,1-3,7,9-10,13H2,(H,27,32)(H,28,30). The Bertz CT molecular complexity index is 1300. The maximum absolute atomic E-state index is 12.9. The van der Waals surface area contributed by atoms with Crippen LogP contribution in [0.15, 0.2) is 30.5 Å². The molecule has 33 heavy (non-hydrogen) atoms. The molecule has 2 aromatic heterocycles. The van der Waals surface area contributed by atoms with Gasteiger partial charge >= 0.3 is 6.03 Å².